The van der Waals surface area contributed by atoms with Gasteiger partial charge in [0.05, 0.1) is 6.42 Å². The van der Waals surface area contributed by atoms with E-state index in [1.807, 2.05) is 0 Å². The first-order valence-electron chi connectivity index (χ1n) is 5.85. The third-order valence-electron chi connectivity index (χ3n) is 3.04. The molecule has 1 N–H and O–H groups in total. The predicted octanol–water partition coefficient (Wildman–Crippen LogP) is 0.715. The molecule has 96 valence electrons. The van der Waals surface area contributed by atoms with Crippen LogP contribution in [0.2, 0.25) is 0 Å². The molecule has 5 heteroatoms. The van der Waals surface area contributed by atoms with Crippen LogP contribution in [-0.2, 0) is 16.0 Å². The Morgan fingerprint density at radius 3 is 2.67 bits per heavy atom. The summed E-state index contributed by atoms with van der Waals surface area (Å²) >= 11 is 0. The number of hydrogen-bond acceptors (Lipinski definition) is 2. The number of amides is 2. The van der Waals surface area contributed by atoms with Gasteiger partial charge in [-0.25, -0.2) is 4.39 Å². The molecule has 1 aromatic carbocycles. The SMILES string of the molecule is CN1CCC(NC(=O)Cc2ccc(F)cc2)C1=O. The van der Waals surface area contributed by atoms with Gasteiger partial charge in [-0.2, -0.15) is 0 Å². The molecule has 2 amide bonds. The van der Waals surface area contributed by atoms with Crippen LogP contribution in [0, 0.1) is 5.82 Å². The van der Waals surface area contributed by atoms with Crippen molar-refractivity contribution in [1.29, 1.82) is 0 Å². The lowest BCUT2D eigenvalue weighted by Crippen LogP contribution is -2.41. The molecule has 1 aromatic rings. The highest BCUT2D eigenvalue weighted by atomic mass is 19.1. The molecule has 1 atom stereocenters. The molecule has 1 fully saturated rings. The molecule has 1 unspecified atom stereocenters. The zero-order chi connectivity index (χ0) is 13.1. The Balaban J connectivity index is 1.89. The highest BCUT2D eigenvalue weighted by Crippen LogP contribution is 2.09. The first-order chi connectivity index (χ1) is 8.56. The fourth-order valence-corrected chi connectivity index (χ4v) is 1.99. The Labute approximate surface area is 105 Å². The standard InChI is InChI=1S/C13H15FN2O2/c1-16-7-6-11(13(16)18)15-12(17)8-9-2-4-10(14)5-3-9/h2-5,11H,6-8H2,1H3,(H,15,17). The van der Waals surface area contributed by atoms with Gasteiger partial charge in [0, 0.05) is 13.6 Å². The van der Waals surface area contributed by atoms with Crippen molar-refractivity contribution in [2.75, 3.05) is 13.6 Å². The summed E-state index contributed by atoms with van der Waals surface area (Å²) in [6, 6.07) is 5.35. The summed E-state index contributed by atoms with van der Waals surface area (Å²) in [7, 11) is 1.72. The Morgan fingerprint density at radius 2 is 2.11 bits per heavy atom. The van der Waals surface area contributed by atoms with Gasteiger partial charge in [0.2, 0.25) is 11.8 Å². The molecular weight excluding hydrogens is 235 g/mol. The highest BCUT2D eigenvalue weighted by molar-refractivity contribution is 5.89. The van der Waals surface area contributed by atoms with Gasteiger partial charge in [-0.15, -0.1) is 0 Å². The van der Waals surface area contributed by atoms with Gasteiger partial charge in [0.25, 0.3) is 0 Å². The van der Waals surface area contributed by atoms with Crippen molar-refractivity contribution in [3.05, 3.63) is 35.6 Å². The van der Waals surface area contributed by atoms with Crippen molar-refractivity contribution in [1.82, 2.24) is 10.2 Å². The van der Waals surface area contributed by atoms with Gasteiger partial charge in [0.1, 0.15) is 11.9 Å². The molecule has 0 aromatic heterocycles. The van der Waals surface area contributed by atoms with Crippen molar-refractivity contribution in [3.63, 3.8) is 0 Å². The van der Waals surface area contributed by atoms with Gasteiger partial charge in [0.15, 0.2) is 0 Å². The van der Waals surface area contributed by atoms with Gasteiger partial charge in [-0.05, 0) is 24.1 Å². The van der Waals surface area contributed by atoms with E-state index >= 15 is 0 Å². The number of likely N-dealkylation sites (N-methyl/N-ethyl adjacent to an activating group) is 1. The summed E-state index contributed by atoms with van der Waals surface area (Å²) < 4.78 is 12.7. The van der Waals surface area contributed by atoms with Crippen LogP contribution in [0.25, 0.3) is 0 Å². The Hall–Kier alpha value is -1.91. The first kappa shape index (κ1) is 12.5. The zero-order valence-corrected chi connectivity index (χ0v) is 10.1. The lowest BCUT2D eigenvalue weighted by Gasteiger charge is -2.12. The van der Waals surface area contributed by atoms with Crippen molar-refractivity contribution in [3.8, 4) is 0 Å². The maximum atomic E-state index is 12.7. The van der Waals surface area contributed by atoms with Gasteiger partial charge in [-0.3, -0.25) is 9.59 Å². The fourth-order valence-electron chi connectivity index (χ4n) is 1.99. The van der Waals surface area contributed by atoms with Crippen LogP contribution < -0.4 is 5.32 Å². The predicted molar refractivity (Wildman–Crippen MR) is 64.3 cm³/mol. The van der Waals surface area contributed by atoms with E-state index in [-0.39, 0.29) is 24.1 Å². The highest BCUT2D eigenvalue weighted by Gasteiger charge is 2.29. The van der Waals surface area contributed by atoms with E-state index in [0.717, 1.165) is 5.56 Å². The minimum Gasteiger partial charge on any atom is -0.344 e. The van der Waals surface area contributed by atoms with Crippen molar-refractivity contribution in [2.45, 2.75) is 18.9 Å². The number of hydrogen-bond donors (Lipinski definition) is 1. The van der Waals surface area contributed by atoms with Crippen molar-refractivity contribution >= 4 is 11.8 Å². The third kappa shape index (κ3) is 2.85. The quantitative estimate of drug-likeness (QED) is 0.859. The lowest BCUT2D eigenvalue weighted by atomic mass is 10.1. The first-order valence-corrected chi connectivity index (χ1v) is 5.85. The Bertz CT molecular complexity index is 459. The molecule has 0 radical (unpaired) electrons. The molecule has 1 heterocycles. The third-order valence-corrected chi connectivity index (χ3v) is 3.04. The maximum absolute atomic E-state index is 12.7. The summed E-state index contributed by atoms with van der Waals surface area (Å²) in [6.45, 7) is 0.667. The number of nitrogens with one attached hydrogen (secondary N) is 1. The summed E-state index contributed by atoms with van der Waals surface area (Å²) in [4.78, 5) is 24.9. The number of nitrogens with zero attached hydrogens (tertiary/aromatic N) is 1. The second-order valence-electron chi connectivity index (χ2n) is 4.47. The van der Waals surface area contributed by atoms with Crippen LogP contribution in [0.3, 0.4) is 0 Å². The number of carbonyl (C=O) groups is 2. The minimum absolute atomic E-state index is 0.0533. The number of rotatable bonds is 3. The number of likely N-dealkylation sites (tertiary alicyclic amines) is 1. The molecule has 1 aliphatic rings. The normalized spacial score (nSPS) is 19.1. The summed E-state index contributed by atoms with van der Waals surface area (Å²) in [5.74, 6) is -0.593. The van der Waals surface area contributed by atoms with E-state index in [4.69, 9.17) is 0 Å². The van der Waals surface area contributed by atoms with Crippen LogP contribution in [0.5, 0.6) is 0 Å². The molecule has 0 aliphatic carbocycles. The Kier molecular flexibility index (Phi) is 3.60. The largest absolute Gasteiger partial charge is 0.344 e. The molecule has 18 heavy (non-hydrogen) atoms. The molecule has 1 aliphatic heterocycles. The topological polar surface area (TPSA) is 49.4 Å². The fraction of sp³-hybridized carbons (Fsp3) is 0.385. The molecule has 1 saturated heterocycles. The maximum Gasteiger partial charge on any atom is 0.244 e. The summed E-state index contributed by atoms with van der Waals surface area (Å²) in [5, 5.41) is 2.70. The second kappa shape index (κ2) is 5.16. The van der Waals surface area contributed by atoms with Gasteiger partial charge >= 0.3 is 0 Å². The smallest absolute Gasteiger partial charge is 0.244 e. The van der Waals surface area contributed by atoms with Gasteiger partial charge < -0.3 is 10.2 Å². The van der Waals surface area contributed by atoms with Crippen LogP contribution in [0.1, 0.15) is 12.0 Å². The molecule has 0 spiro atoms. The van der Waals surface area contributed by atoms with Gasteiger partial charge in [-0.1, -0.05) is 12.1 Å². The molecule has 0 bridgehead atoms. The van der Waals surface area contributed by atoms with E-state index < -0.39 is 6.04 Å². The molecule has 2 rings (SSSR count). The van der Waals surface area contributed by atoms with E-state index in [0.29, 0.717) is 13.0 Å². The van der Waals surface area contributed by atoms with Crippen LogP contribution >= 0.6 is 0 Å². The van der Waals surface area contributed by atoms with E-state index in [2.05, 4.69) is 5.32 Å². The van der Waals surface area contributed by atoms with E-state index in [9.17, 15) is 14.0 Å². The van der Waals surface area contributed by atoms with Crippen molar-refractivity contribution < 1.29 is 14.0 Å². The average molecular weight is 250 g/mol. The van der Waals surface area contributed by atoms with Crippen LogP contribution in [-0.4, -0.2) is 36.3 Å². The second-order valence-corrected chi connectivity index (χ2v) is 4.47. The van der Waals surface area contributed by atoms with E-state index in [1.54, 1.807) is 24.1 Å². The summed E-state index contributed by atoms with van der Waals surface area (Å²) in [5.41, 5.74) is 0.729. The molecular formula is C13H15FN2O2. The molecule has 0 saturated carbocycles. The van der Waals surface area contributed by atoms with E-state index in [1.165, 1.54) is 12.1 Å². The minimum atomic E-state index is -0.414. The average Bonchev–Trinajstić information content (AvgIpc) is 2.64. The summed E-state index contributed by atoms with van der Waals surface area (Å²) in [6.07, 6.45) is 0.804. The monoisotopic (exact) mass is 250 g/mol. The zero-order valence-electron chi connectivity index (χ0n) is 10.1. The van der Waals surface area contributed by atoms with Crippen LogP contribution in [0.15, 0.2) is 24.3 Å². The van der Waals surface area contributed by atoms with Crippen molar-refractivity contribution in [2.24, 2.45) is 0 Å². The molecule has 4 nitrogen and oxygen atoms in total. The Morgan fingerprint density at radius 1 is 1.44 bits per heavy atom. The lowest BCUT2D eigenvalue weighted by molar-refractivity contribution is -0.131. The van der Waals surface area contributed by atoms with Crippen LogP contribution in [0.4, 0.5) is 4.39 Å². The number of carbonyl (C=O) groups excluding carboxylic acids is 2. The number of halogens is 1. The number of benzene rings is 1.